The lowest BCUT2D eigenvalue weighted by Crippen LogP contribution is -2.46. The van der Waals surface area contributed by atoms with Crippen molar-refractivity contribution in [3.05, 3.63) is 35.5 Å². The van der Waals surface area contributed by atoms with Crippen LogP contribution in [0.2, 0.25) is 0 Å². The monoisotopic (exact) mass is 351 g/mol. The van der Waals surface area contributed by atoms with Crippen molar-refractivity contribution in [1.29, 1.82) is 0 Å². The molecule has 0 radical (unpaired) electrons. The highest BCUT2D eigenvalue weighted by atomic mass is 19.1. The zero-order valence-corrected chi connectivity index (χ0v) is 14.0. The Kier molecular flexibility index (Phi) is 5.53. The van der Waals surface area contributed by atoms with Crippen molar-refractivity contribution in [2.45, 2.75) is 25.7 Å². The largest absolute Gasteiger partial charge is 0.396 e. The molecule has 2 amide bonds. The smallest absolute Gasteiger partial charge is 0.317 e. The molecule has 1 saturated heterocycles. The summed E-state index contributed by atoms with van der Waals surface area (Å²) in [5, 5.41) is 12.3. The number of H-pyrrole nitrogens is 1. The molecule has 0 bridgehead atoms. The Balaban J connectivity index is 1.55. The second-order valence-corrected chi connectivity index (χ2v) is 6.57. The van der Waals surface area contributed by atoms with E-state index in [1.54, 1.807) is 11.1 Å². The van der Waals surface area contributed by atoms with Crippen molar-refractivity contribution in [1.82, 2.24) is 15.2 Å². The number of aliphatic hydroxyl groups is 1. The number of aliphatic hydroxyl groups excluding tert-OH is 1. The van der Waals surface area contributed by atoms with Crippen LogP contribution >= 0.6 is 0 Å². The van der Waals surface area contributed by atoms with Crippen LogP contribution in [-0.2, 0) is 6.42 Å². The number of nitrogens with zero attached hydrogens (tertiary/aromatic N) is 1. The van der Waals surface area contributed by atoms with Gasteiger partial charge in [-0.15, -0.1) is 0 Å². The van der Waals surface area contributed by atoms with Crippen molar-refractivity contribution in [2.24, 2.45) is 5.92 Å². The molecule has 1 fully saturated rings. The van der Waals surface area contributed by atoms with E-state index in [1.807, 2.05) is 0 Å². The number of halogens is 2. The molecule has 0 spiro atoms. The van der Waals surface area contributed by atoms with Crippen LogP contribution in [-0.4, -0.2) is 47.3 Å². The molecule has 3 N–H and O–H groups in total. The van der Waals surface area contributed by atoms with Gasteiger partial charge in [0.25, 0.3) is 0 Å². The summed E-state index contributed by atoms with van der Waals surface area (Å²) < 4.78 is 27.2. The van der Waals surface area contributed by atoms with E-state index in [9.17, 15) is 13.6 Å². The molecule has 1 aromatic heterocycles. The predicted molar refractivity (Wildman–Crippen MR) is 91.3 cm³/mol. The van der Waals surface area contributed by atoms with Crippen LogP contribution in [0.15, 0.2) is 18.3 Å². The second-order valence-electron chi connectivity index (χ2n) is 6.57. The molecule has 7 heteroatoms. The SMILES string of the molecule is O=C(NCCc1c[nH]c2cc(F)cc(F)c12)N1CCCC(CCO)C1. The number of likely N-dealkylation sites (tertiary alicyclic amines) is 1. The molecule has 136 valence electrons. The lowest BCUT2D eigenvalue weighted by atomic mass is 9.95. The van der Waals surface area contributed by atoms with Gasteiger partial charge in [-0.25, -0.2) is 13.6 Å². The average Bonchev–Trinajstić information content (AvgIpc) is 2.98. The van der Waals surface area contributed by atoms with Crippen LogP contribution in [0.4, 0.5) is 13.6 Å². The molecule has 1 aliphatic heterocycles. The van der Waals surface area contributed by atoms with E-state index >= 15 is 0 Å². The Morgan fingerprint density at radius 2 is 2.24 bits per heavy atom. The third kappa shape index (κ3) is 4.10. The highest BCUT2D eigenvalue weighted by Crippen LogP contribution is 2.23. The summed E-state index contributed by atoms with van der Waals surface area (Å²) in [4.78, 5) is 16.9. The van der Waals surface area contributed by atoms with Gasteiger partial charge in [-0.2, -0.15) is 0 Å². The molecule has 0 saturated carbocycles. The van der Waals surface area contributed by atoms with Gasteiger partial charge in [0.15, 0.2) is 0 Å². The molecule has 25 heavy (non-hydrogen) atoms. The van der Waals surface area contributed by atoms with Gasteiger partial charge in [0.1, 0.15) is 11.6 Å². The van der Waals surface area contributed by atoms with Crippen LogP contribution in [0.25, 0.3) is 10.9 Å². The summed E-state index contributed by atoms with van der Waals surface area (Å²) in [5.74, 6) is -0.864. The standard InChI is InChI=1S/C18H23F2N3O2/c19-14-8-15(20)17-13(10-22-16(17)9-14)3-5-21-18(25)23-6-1-2-12(11-23)4-7-24/h8-10,12,22,24H,1-7,11H2,(H,21,25). The summed E-state index contributed by atoms with van der Waals surface area (Å²) in [6, 6.07) is 2.00. The minimum absolute atomic E-state index is 0.131. The number of carbonyl (C=O) groups excluding carboxylic acids is 1. The van der Waals surface area contributed by atoms with Gasteiger partial charge < -0.3 is 20.3 Å². The molecule has 1 atom stereocenters. The maximum Gasteiger partial charge on any atom is 0.317 e. The lowest BCUT2D eigenvalue weighted by Gasteiger charge is -2.32. The van der Waals surface area contributed by atoms with Crippen LogP contribution < -0.4 is 5.32 Å². The van der Waals surface area contributed by atoms with Crippen molar-refractivity contribution in [3.63, 3.8) is 0 Å². The first-order valence-electron chi connectivity index (χ1n) is 8.67. The maximum absolute atomic E-state index is 14.0. The Morgan fingerprint density at radius 1 is 1.40 bits per heavy atom. The summed E-state index contributed by atoms with van der Waals surface area (Å²) >= 11 is 0. The number of hydrogen-bond acceptors (Lipinski definition) is 2. The highest BCUT2D eigenvalue weighted by molar-refractivity contribution is 5.84. The first kappa shape index (κ1) is 17.7. The topological polar surface area (TPSA) is 68.4 Å². The van der Waals surface area contributed by atoms with Gasteiger partial charge in [-0.1, -0.05) is 0 Å². The van der Waals surface area contributed by atoms with Gasteiger partial charge >= 0.3 is 6.03 Å². The average molecular weight is 351 g/mol. The Hall–Kier alpha value is -2.15. The molecule has 2 heterocycles. The fourth-order valence-electron chi connectivity index (χ4n) is 3.53. The first-order chi connectivity index (χ1) is 12.1. The van der Waals surface area contributed by atoms with Crippen LogP contribution in [0.1, 0.15) is 24.8 Å². The quantitative estimate of drug-likeness (QED) is 0.775. The lowest BCUT2D eigenvalue weighted by molar-refractivity contribution is 0.150. The van der Waals surface area contributed by atoms with E-state index in [-0.39, 0.29) is 12.6 Å². The summed E-state index contributed by atoms with van der Waals surface area (Å²) in [5.41, 5.74) is 1.13. The molecule has 1 aromatic carbocycles. The molecule has 2 aromatic rings. The Labute approximate surface area is 145 Å². The minimum atomic E-state index is -0.616. The zero-order valence-electron chi connectivity index (χ0n) is 14.0. The number of rotatable bonds is 5. The first-order valence-corrected chi connectivity index (χ1v) is 8.67. The number of hydrogen-bond donors (Lipinski definition) is 3. The van der Waals surface area contributed by atoms with E-state index < -0.39 is 11.6 Å². The van der Waals surface area contributed by atoms with Gasteiger partial charge in [0, 0.05) is 43.9 Å². The number of fused-ring (bicyclic) bond motifs is 1. The van der Waals surface area contributed by atoms with Crippen molar-refractivity contribution >= 4 is 16.9 Å². The van der Waals surface area contributed by atoms with Crippen molar-refractivity contribution in [2.75, 3.05) is 26.2 Å². The minimum Gasteiger partial charge on any atom is -0.396 e. The summed E-state index contributed by atoms with van der Waals surface area (Å²) in [7, 11) is 0. The maximum atomic E-state index is 14.0. The molecule has 3 rings (SSSR count). The molecule has 0 aliphatic carbocycles. The molecular weight excluding hydrogens is 328 g/mol. The van der Waals surface area contributed by atoms with Crippen LogP contribution in [0.5, 0.6) is 0 Å². The van der Waals surface area contributed by atoms with E-state index in [2.05, 4.69) is 10.3 Å². The molecular formula is C18H23F2N3O2. The molecule has 1 aliphatic rings. The number of aromatic amines is 1. The predicted octanol–water partition coefficient (Wildman–Crippen LogP) is 2.79. The third-order valence-corrected chi connectivity index (χ3v) is 4.79. The number of nitrogens with one attached hydrogen (secondary N) is 2. The van der Waals surface area contributed by atoms with E-state index in [4.69, 9.17) is 5.11 Å². The van der Waals surface area contributed by atoms with E-state index in [0.717, 1.165) is 31.9 Å². The Bertz CT molecular complexity index is 745. The fourth-order valence-corrected chi connectivity index (χ4v) is 3.53. The van der Waals surface area contributed by atoms with Gasteiger partial charge in [-0.05, 0) is 43.2 Å². The molecule has 1 unspecified atom stereocenters. The van der Waals surface area contributed by atoms with E-state index in [0.29, 0.717) is 41.9 Å². The van der Waals surface area contributed by atoms with Gasteiger partial charge in [0.05, 0.1) is 5.52 Å². The van der Waals surface area contributed by atoms with Gasteiger partial charge in [-0.3, -0.25) is 0 Å². The number of piperidine rings is 1. The third-order valence-electron chi connectivity index (χ3n) is 4.79. The highest BCUT2D eigenvalue weighted by Gasteiger charge is 2.23. The summed E-state index contributed by atoms with van der Waals surface area (Å²) in [6.45, 7) is 1.90. The Morgan fingerprint density at radius 3 is 3.04 bits per heavy atom. The number of urea groups is 1. The number of aromatic nitrogens is 1. The van der Waals surface area contributed by atoms with E-state index in [1.165, 1.54) is 6.07 Å². The van der Waals surface area contributed by atoms with Crippen LogP contribution in [0.3, 0.4) is 0 Å². The number of carbonyl (C=O) groups is 1. The van der Waals surface area contributed by atoms with Crippen molar-refractivity contribution in [3.8, 4) is 0 Å². The number of amides is 2. The second kappa shape index (κ2) is 7.82. The van der Waals surface area contributed by atoms with Crippen molar-refractivity contribution < 1.29 is 18.7 Å². The number of benzene rings is 1. The van der Waals surface area contributed by atoms with Gasteiger partial charge in [0.2, 0.25) is 0 Å². The van der Waals surface area contributed by atoms with Crippen LogP contribution in [0, 0.1) is 17.6 Å². The normalized spacial score (nSPS) is 17.9. The zero-order chi connectivity index (χ0) is 17.8. The fraction of sp³-hybridized carbons (Fsp3) is 0.500. The summed E-state index contributed by atoms with van der Waals surface area (Å²) in [6.07, 6.45) is 4.81. The molecule has 5 nitrogen and oxygen atoms in total.